The van der Waals surface area contributed by atoms with E-state index in [0.717, 1.165) is 16.8 Å². The van der Waals surface area contributed by atoms with Crippen LogP contribution in [0.25, 0.3) is 0 Å². The lowest BCUT2D eigenvalue weighted by molar-refractivity contribution is -0.121. The Morgan fingerprint density at radius 1 is 1.30 bits per heavy atom. The van der Waals surface area contributed by atoms with Crippen LogP contribution < -0.4 is 10.2 Å². The molecule has 1 N–H and O–H groups in total. The molecule has 0 aromatic heterocycles. The molecule has 20 heavy (non-hydrogen) atoms. The predicted octanol–water partition coefficient (Wildman–Crippen LogP) is 2.84. The van der Waals surface area contributed by atoms with Crippen LogP contribution in [0, 0.1) is 13.8 Å². The Hall–Kier alpha value is -1.55. The van der Waals surface area contributed by atoms with Crippen molar-refractivity contribution in [3.63, 3.8) is 0 Å². The zero-order valence-electron chi connectivity index (χ0n) is 12.4. The fourth-order valence-electron chi connectivity index (χ4n) is 2.11. The smallest absolute Gasteiger partial charge is 0.223 e. The van der Waals surface area contributed by atoms with Crippen molar-refractivity contribution in [2.75, 3.05) is 18.0 Å². The van der Waals surface area contributed by atoms with Crippen LogP contribution in [0.4, 0.5) is 5.69 Å². The number of halogens is 1. The second kappa shape index (κ2) is 7.29. The molecule has 0 spiro atoms. The molecular formula is C15H21ClN2O2. The summed E-state index contributed by atoms with van der Waals surface area (Å²) in [6, 6.07) is 3.83. The number of rotatable bonds is 5. The summed E-state index contributed by atoms with van der Waals surface area (Å²) in [7, 11) is 0. The third kappa shape index (κ3) is 4.23. The van der Waals surface area contributed by atoms with Gasteiger partial charge in [0, 0.05) is 26.4 Å². The summed E-state index contributed by atoms with van der Waals surface area (Å²) >= 11 is 6.26. The van der Waals surface area contributed by atoms with Gasteiger partial charge in [-0.05, 0) is 31.0 Å². The summed E-state index contributed by atoms with van der Waals surface area (Å²) < 4.78 is 0. The highest BCUT2D eigenvalue weighted by atomic mass is 35.5. The number of nitrogens with zero attached hydrogens (tertiary/aromatic N) is 1. The fraction of sp³-hybridized carbons (Fsp3) is 0.467. The molecule has 0 unspecified atom stereocenters. The zero-order chi connectivity index (χ0) is 15.3. The Kier molecular flexibility index (Phi) is 6.02. The monoisotopic (exact) mass is 296 g/mol. The molecule has 0 radical (unpaired) electrons. The number of amides is 2. The summed E-state index contributed by atoms with van der Waals surface area (Å²) in [6.45, 7) is 7.99. The molecule has 1 aromatic carbocycles. The Morgan fingerprint density at radius 3 is 2.45 bits per heavy atom. The summed E-state index contributed by atoms with van der Waals surface area (Å²) in [4.78, 5) is 24.7. The average molecular weight is 297 g/mol. The number of aryl methyl sites for hydroxylation is 2. The van der Waals surface area contributed by atoms with Gasteiger partial charge in [-0.2, -0.15) is 0 Å². The molecule has 5 heteroatoms. The molecule has 0 saturated heterocycles. The maximum absolute atomic E-state index is 11.8. The lowest BCUT2D eigenvalue weighted by Gasteiger charge is -2.24. The van der Waals surface area contributed by atoms with E-state index in [0.29, 0.717) is 24.5 Å². The predicted molar refractivity (Wildman–Crippen MR) is 82.3 cm³/mol. The van der Waals surface area contributed by atoms with Gasteiger partial charge in [-0.15, -0.1) is 0 Å². The first-order valence-corrected chi connectivity index (χ1v) is 7.06. The molecule has 0 bridgehead atoms. The SMILES string of the molecule is CCC(=O)NCCN(C(C)=O)c1c(C)cc(C)cc1Cl. The van der Waals surface area contributed by atoms with Crippen LogP contribution in [-0.4, -0.2) is 24.9 Å². The lowest BCUT2D eigenvalue weighted by atomic mass is 10.1. The second-order valence-corrected chi connectivity index (χ2v) is 5.19. The van der Waals surface area contributed by atoms with Crippen molar-refractivity contribution in [3.8, 4) is 0 Å². The molecule has 1 aromatic rings. The average Bonchev–Trinajstić information content (AvgIpc) is 2.35. The standard InChI is InChI=1S/C15H21ClN2O2/c1-5-14(20)17-6-7-18(12(4)19)15-11(3)8-10(2)9-13(15)16/h8-9H,5-7H2,1-4H3,(H,17,20). The molecule has 0 aliphatic carbocycles. The van der Waals surface area contributed by atoms with Gasteiger partial charge >= 0.3 is 0 Å². The van der Waals surface area contributed by atoms with Gasteiger partial charge in [0.2, 0.25) is 11.8 Å². The Morgan fingerprint density at radius 2 is 1.95 bits per heavy atom. The van der Waals surface area contributed by atoms with Crippen LogP contribution in [-0.2, 0) is 9.59 Å². The summed E-state index contributed by atoms with van der Waals surface area (Å²) in [5, 5.41) is 3.32. The van der Waals surface area contributed by atoms with E-state index >= 15 is 0 Å². The zero-order valence-corrected chi connectivity index (χ0v) is 13.2. The molecule has 2 amide bonds. The van der Waals surface area contributed by atoms with E-state index in [1.807, 2.05) is 26.0 Å². The minimum atomic E-state index is -0.0930. The van der Waals surface area contributed by atoms with Gasteiger partial charge in [-0.3, -0.25) is 9.59 Å². The van der Waals surface area contributed by atoms with E-state index in [1.165, 1.54) is 6.92 Å². The van der Waals surface area contributed by atoms with Gasteiger partial charge in [-0.25, -0.2) is 0 Å². The van der Waals surface area contributed by atoms with E-state index < -0.39 is 0 Å². The highest BCUT2D eigenvalue weighted by molar-refractivity contribution is 6.34. The molecule has 0 saturated carbocycles. The van der Waals surface area contributed by atoms with E-state index in [-0.39, 0.29) is 11.8 Å². The molecule has 1 rings (SSSR count). The second-order valence-electron chi connectivity index (χ2n) is 4.79. The number of carbonyl (C=O) groups excluding carboxylic acids is 2. The molecule has 110 valence electrons. The maximum atomic E-state index is 11.8. The first-order valence-electron chi connectivity index (χ1n) is 6.68. The summed E-state index contributed by atoms with van der Waals surface area (Å²) in [6.07, 6.45) is 0.435. The van der Waals surface area contributed by atoms with Gasteiger partial charge in [0.05, 0.1) is 10.7 Å². The van der Waals surface area contributed by atoms with E-state index in [4.69, 9.17) is 11.6 Å². The minimum Gasteiger partial charge on any atom is -0.354 e. The Balaban J connectivity index is 2.92. The van der Waals surface area contributed by atoms with Crippen LogP contribution >= 0.6 is 11.6 Å². The Labute approximate surface area is 125 Å². The Bertz CT molecular complexity index is 492. The molecule has 0 heterocycles. The van der Waals surface area contributed by atoms with Crippen LogP contribution in [0.3, 0.4) is 0 Å². The first-order chi connectivity index (χ1) is 9.36. The normalized spacial score (nSPS) is 10.2. The van der Waals surface area contributed by atoms with Crippen LogP contribution in [0.1, 0.15) is 31.4 Å². The topological polar surface area (TPSA) is 49.4 Å². The molecule has 0 fully saturated rings. The first kappa shape index (κ1) is 16.5. The van der Waals surface area contributed by atoms with Gasteiger partial charge < -0.3 is 10.2 Å². The molecule has 0 aliphatic rings. The van der Waals surface area contributed by atoms with Crippen molar-refractivity contribution in [1.82, 2.24) is 5.32 Å². The van der Waals surface area contributed by atoms with Crippen LogP contribution in [0.15, 0.2) is 12.1 Å². The minimum absolute atomic E-state index is 0.0276. The molecule has 0 atom stereocenters. The highest BCUT2D eigenvalue weighted by Gasteiger charge is 2.17. The van der Waals surface area contributed by atoms with E-state index in [1.54, 1.807) is 11.8 Å². The number of carbonyl (C=O) groups is 2. The van der Waals surface area contributed by atoms with Gasteiger partial charge in [0.1, 0.15) is 0 Å². The molecular weight excluding hydrogens is 276 g/mol. The fourth-order valence-corrected chi connectivity index (χ4v) is 2.53. The van der Waals surface area contributed by atoms with Crippen molar-refractivity contribution < 1.29 is 9.59 Å². The largest absolute Gasteiger partial charge is 0.354 e. The molecule has 0 aliphatic heterocycles. The van der Waals surface area contributed by atoms with Crippen molar-refractivity contribution >= 4 is 29.1 Å². The van der Waals surface area contributed by atoms with Gasteiger partial charge in [-0.1, -0.05) is 24.6 Å². The maximum Gasteiger partial charge on any atom is 0.223 e. The number of hydrogen-bond donors (Lipinski definition) is 1. The van der Waals surface area contributed by atoms with Gasteiger partial charge in [0.25, 0.3) is 0 Å². The van der Waals surface area contributed by atoms with E-state index in [2.05, 4.69) is 5.32 Å². The van der Waals surface area contributed by atoms with E-state index in [9.17, 15) is 9.59 Å². The van der Waals surface area contributed by atoms with Crippen LogP contribution in [0.5, 0.6) is 0 Å². The highest BCUT2D eigenvalue weighted by Crippen LogP contribution is 2.30. The quantitative estimate of drug-likeness (QED) is 0.908. The van der Waals surface area contributed by atoms with Gasteiger partial charge in [0.15, 0.2) is 0 Å². The number of hydrogen-bond acceptors (Lipinski definition) is 2. The van der Waals surface area contributed by atoms with Crippen molar-refractivity contribution in [1.29, 1.82) is 0 Å². The number of nitrogens with one attached hydrogen (secondary N) is 1. The lowest BCUT2D eigenvalue weighted by Crippen LogP contribution is -2.37. The number of anilines is 1. The third-order valence-corrected chi connectivity index (χ3v) is 3.32. The summed E-state index contributed by atoms with van der Waals surface area (Å²) in [5.41, 5.74) is 2.72. The van der Waals surface area contributed by atoms with Crippen LogP contribution in [0.2, 0.25) is 5.02 Å². The third-order valence-electron chi connectivity index (χ3n) is 3.03. The number of benzene rings is 1. The van der Waals surface area contributed by atoms with Crippen molar-refractivity contribution in [2.45, 2.75) is 34.1 Å². The summed E-state index contributed by atoms with van der Waals surface area (Å²) in [5.74, 6) is -0.121. The van der Waals surface area contributed by atoms with Crippen molar-refractivity contribution in [2.24, 2.45) is 0 Å². The molecule has 4 nitrogen and oxygen atoms in total. The van der Waals surface area contributed by atoms with Crippen molar-refractivity contribution in [3.05, 3.63) is 28.3 Å².